The lowest BCUT2D eigenvalue weighted by Crippen LogP contribution is -2.43. The molecule has 4 heteroatoms. The van der Waals surface area contributed by atoms with Gasteiger partial charge in [-0.3, -0.25) is 0 Å². The third kappa shape index (κ3) is 2.26. The fourth-order valence-corrected chi connectivity index (χ4v) is 2.54. The molecule has 1 aliphatic rings. The Hall–Kier alpha value is -0.580. The Kier molecular flexibility index (Phi) is 3.39. The number of nitrogens with zero attached hydrogens (tertiary/aromatic N) is 1. The van der Waals surface area contributed by atoms with Gasteiger partial charge in [0.1, 0.15) is 0 Å². The van der Waals surface area contributed by atoms with Crippen LogP contribution in [0, 0.1) is 0 Å². The molecule has 1 aromatic heterocycles. The maximum atomic E-state index is 5.11. The van der Waals surface area contributed by atoms with E-state index in [1.54, 1.807) is 18.4 Å². The second kappa shape index (κ2) is 4.77. The molecule has 0 amide bonds. The van der Waals surface area contributed by atoms with Crippen molar-refractivity contribution in [2.75, 3.05) is 38.2 Å². The highest BCUT2D eigenvalue weighted by atomic mass is 32.1. The molecule has 1 N–H and O–H groups in total. The predicted molar refractivity (Wildman–Crippen MR) is 60.1 cm³/mol. The van der Waals surface area contributed by atoms with Crippen molar-refractivity contribution in [2.45, 2.75) is 6.61 Å². The van der Waals surface area contributed by atoms with E-state index in [-0.39, 0.29) is 0 Å². The largest absolute Gasteiger partial charge is 0.379 e. The lowest BCUT2D eigenvalue weighted by atomic mass is 10.3. The van der Waals surface area contributed by atoms with Gasteiger partial charge in [-0.25, -0.2) is 0 Å². The molecule has 0 atom stereocenters. The number of anilines is 1. The molecule has 0 radical (unpaired) electrons. The van der Waals surface area contributed by atoms with E-state index in [9.17, 15) is 0 Å². The summed E-state index contributed by atoms with van der Waals surface area (Å²) < 4.78 is 5.11. The van der Waals surface area contributed by atoms with Crippen LogP contribution in [-0.4, -0.2) is 33.3 Å². The molecule has 1 aliphatic heterocycles. The van der Waals surface area contributed by atoms with Gasteiger partial charge in [0.05, 0.1) is 6.61 Å². The lowest BCUT2D eigenvalue weighted by Gasteiger charge is -2.28. The molecule has 1 fully saturated rings. The summed E-state index contributed by atoms with van der Waals surface area (Å²) in [7, 11) is 1.74. The maximum Gasteiger partial charge on any atom is 0.0806 e. The zero-order valence-electron chi connectivity index (χ0n) is 8.45. The minimum absolute atomic E-state index is 0.733. The van der Waals surface area contributed by atoms with E-state index in [4.69, 9.17) is 4.74 Å². The number of hydrogen-bond acceptors (Lipinski definition) is 4. The molecular formula is C10H16N2OS. The second-order valence-electron chi connectivity index (χ2n) is 3.44. The molecule has 0 bridgehead atoms. The molecule has 1 saturated heterocycles. The zero-order chi connectivity index (χ0) is 9.80. The fraction of sp³-hybridized carbons (Fsp3) is 0.600. The van der Waals surface area contributed by atoms with Gasteiger partial charge in [0.2, 0.25) is 0 Å². The Bertz CT molecular complexity index is 281. The predicted octanol–water partition coefficient (Wildman–Crippen LogP) is 1.30. The summed E-state index contributed by atoms with van der Waals surface area (Å²) in [5.41, 5.74) is 1.35. The van der Waals surface area contributed by atoms with Gasteiger partial charge in [-0.05, 0) is 6.07 Å². The Morgan fingerprint density at radius 1 is 1.50 bits per heavy atom. The Labute approximate surface area is 88.7 Å². The van der Waals surface area contributed by atoms with E-state index >= 15 is 0 Å². The molecule has 3 nitrogen and oxygen atoms in total. The molecule has 0 spiro atoms. The van der Waals surface area contributed by atoms with Crippen LogP contribution in [0.15, 0.2) is 11.4 Å². The average molecular weight is 212 g/mol. The van der Waals surface area contributed by atoms with Crippen LogP contribution in [0.5, 0.6) is 0 Å². The summed E-state index contributed by atoms with van der Waals surface area (Å²) in [6, 6.07) is 2.24. The van der Waals surface area contributed by atoms with Crippen molar-refractivity contribution in [3.05, 3.63) is 16.3 Å². The van der Waals surface area contributed by atoms with Crippen LogP contribution in [0.3, 0.4) is 0 Å². The second-order valence-corrected chi connectivity index (χ2v) is 4.44. The topological polar surface area (TPSA) is 24.5 Å². The van der Waals surface area contributed by atoms with Crippen LogP contribution in [0.4, 0.5) is 5.69 Å². The van der Waals surface area contributed by atoms with Crippen LogP contribution in [-0.2, 0) is 11.3 Å². The van der Waals surface area contributed by atoms with Gasteiger partial charge in [0.25, 0.3) is 0 Å². The Morgan fingerprint density at radius 3 is 3.00 bits per heavy atom. The standard InChI is InChI=1S/C10H16N2OS/c1-13-7-10-6-9(8-14-10)12-4-2-11-3-5-12/h6,8,11H,2-5,7H2,1H3. The van der Waals surface area contributed by atoms with Gasteiger partial charge in [-0.15, -0.1) is 11.3 Å². The van der Waals surface area contributed by atoms with Gasteiger partial charge in [-0.1, -0.05) is 0 Å². The first-order valence-corrected chi connectivity index (χ1v) is 5.80. The molecule has 1 aromatic rings. The van der Waals surface area contributed by atoms with Crippen LogP contribution in [0.1, 0.15) is 4.88 Å². The van der Waals surface area contributed by atoms with Gasteiger partial charge in [-0.2, -0.15) is 0 Å². The highest BCUT2D eigenvalue weighted by Crippen LogP contribution is 2.23. The Morgan fingerprint density at radius 2 is 2.29 bits per heavy atom. The number of rotatable bonds is 3. The monoisotopic (exact) mass is 212 g/mol. The molecule has 2 heterocycles. The van der Waals surface area contributed by atoms with E-state index < -0.39 is 0 Å². The third-order valence-electron chi connectivity index (χ3n) is 2.41. The van der Waals surface area contributed by atoms with Gasteiger partial charge >= 0.3 is 0 Å². The Balaban J connectivity index is 2.00. The number of nitrogens with one attached hydrogen (secondary N) is 1. The summed E-state index contributed by atoms with van der Waals surface area (Å²) >= 11 is 1.78. The number of thiophene rings is 1. The van der Waals surface area contributed by atoms with E-state index in [1.807, 2.05) is 0 Å². The van der Waals surface area contributed by atoms with E-state index in [2.05, 4.69) is 21.7 Å². The maximum absolute atomic E-state index is 5.11. The molecule has 0 saturated carbocycles. The lowest BCUT2D eigenvalue weighted by molar-refractivity contribution is 0.187. The van der Waals surface area contributed by atoms with Crippen molar-refractivity contribution in [2.24, 2.45) is 0 Å². The van der Waals surface area contributed by atoms with Crippen LogP contribution in [0.2, 0.25) is 0 Å². The quantitative estimate of drug-likeness (QED) is 0.817. The fourth-order valence-electron chi connectivity index (χ4n) is 1.68. The van der Waals surface area contributed by atoms with Crippen LogP contribution >= 0.6 is 11.3 Å². The first-order valence-electron chi connectivity index (χ1n) is 4.92. The molecule has 0 unspecified atom stereocenters. The first kappa shape index (κ1) is 9.96. The van der Waals surface area contributed by atoms with Crippen LogP contribution in [0.25, 0.3) is 0 Å². The van der Waals surface area contributed by atoms with Crippen molar-refractivity contribution in [3.8, 4) is 0 Å². The number of ether oxygens (including phenoxy) is 1. The number of piperazine rings is 1. The molecule has 14 heavy (non-hydrogen) atoms. The van der Waals surface area contributed by atoms with Gasteiger partial charge in [0, 0.05) is 49.2 Å². The highest BCUT2D eigenvalue weighted by Gasteiger charge is 2.11. The van der Waals surface area contributed by atoms with E-state index in [1.165, 1.54) is 10.6 Å². The van der Waals surface area contributed by atoms with Crippen molar-refractivity contribution < 1.29 is 4.74 Å². The summed E-state index contributed by atoms with van der Waals surface area (Å²) in [5, 5.41) is 5.58. The summed E-state index contributed by atoms with van der Waals surface area (Å²) in [5.74, 6) is 0. The first-order chi connectivity index (χ1) is 6.90. The normalized spacial score (nSPS) is 17.4. The van der Waals surface area contributed by atoms with Crippen molar-refractivity contribution >= 4 is 17.0 Å². The summed E-state index contributed by atoms with van der Waals surface area (Å²) in [4.78, 5) is 3.73. The molecular weight excluding hydrogens is 196 g/mol. The number of methoxy groups -OCH3 is 1. The van der Waals surface area contributed by atoms with Crippen molar-refractivity contribution in [1.29, 1.82) is 0 Å². The minimum atomic E-state index is 0.733. The minimum Gasteiger partial charge on any atom is -0.379 e. The molecule has 78 valence electrons. The van der Waals surface area contributed by atoms with Crippen molar-refractivity contribution in [3.63, 3.8) is 0 Å². The molecule has 0 aromatic carbocycles. The number of hydrogen-bond donors (Lipinski definition) is 1. The molecule has 0 aliphatic carbocycles. The van der Waals surface area contributed by atoms with Crippen LogP contribution < -0.4 is 10.2 Å². The third-order valence-corrected chi connectivity index (χ3v) is 3.31. The summed E-state index contributed by atoms with van der Waals surface area (Å²) in [6.45, 7) is 5.15. The van der Waals surface area contributed by atoms with E-state index in [0.717, 1.165) is 32.8 Å². The summed E-state index contributed by atoms with van der Waals surface area (Å²) in [6.07, 6.45) is 0. The molecule has 2 rings (SSSR count). The zero-order valence-corrected chi connectivity index (χ0v) is 9.27. The van der Waals surface area contributed by atoms with E-state index in [0.29, 0.717) is 0 Å². The van der Waals surface area contributed by atoms with Gasteiger partial charge < -0.3 is 15.0 Å². The highest BCUT2D eigenvalue weighted by molar-refractivity contribution is 7.10. The smallest absolute Gasteiger partial charge is 0.0806 e. The van der Waals surface area contributed by atoms with Gasteiger partial charge in [0.15, 0.2) is 0 Å². The average Bonchev–Trinajstić information content (AvgIpc) is 2.68. The van der Waals surface area contributed by atoms with Crippen molar-refractivity contribution in [1.82, 2.24) is 5.32 Å². The SMILES string of the molecule is COCc1cc(N2CCNCC2)cs1.